The third-order valence-corrected chi connectivity index (χ3v) is 3.16. The van der Waals surface area contributed by atoms with Crippen LogP contribution < -0.4 is 15.4 Å². The van der Waals surface area contributed by atoms with Gasteiger partial charge in [-0.25, -0.2) is 0 Å². The zero-order valence-corrected chi connectivity index (χ0v) is 11.5. The van der Waals surface area contributed by atoms with Gasteiger partial charge in [-0.05, 0) is 17.5 Å². The maximum Gasteiger partial charge on any atom is 0.142 e. The third-order valence-electron chi connectivity index (χ3n) is 3.16. The smallest absolute Gasteiger partial charge is 0.142 e. The van der Waals surface area contributed by atoms with Crippen molar-refractivity contribution in [2.45, 2.75) is 26.8 Å². The molecule has 1 unspecified atom stereocenters. The number of nitrogens with zero attached hydrogens (tertiary/aromatic N) is 1. The van der Waals surface area contributed by atoms with Crippen LogP contribution in [-0.2, 0) is 0 Å². The van der Waals surface area contributed by atoms with Crippen molar-refractivity contribution in [3.8, 4) is 5.75 Å². The number of hydrogen-bond acceptors (Lipinski definition) is 3. The second-order valence-electron chi connectivity index (χ2n) is 5.40. The summed E-state index contributed by atoms with van der Waals surface area (Å²) in [5.41, 5.74) is 7.12. The van der Waals surface area contributed by atoms with Crippen LogP contribution >= 0.6 is 0 Å². The van der Waals surface area contributed by atoms with E-state index in [1.807, 2.05) is 18.2 Å². The van der Waals surface area contributed by atoms with Crippen LogP contribution in [-0.4, -0.2) is 26.7 Å². The monoisotopic (exact) mass is 236 g/mol. The molecule has 1 rings (SSSR count). The van der Waals surface area contributed by atoms with Gasteiger partial charge in [0.2, 0.25) is 0 Å². The van der Waals surface area contributed by atoms with Crippen molar-refractivity contribution in [1.29, 1.82) is 0 Å². The highest BCUT2D eigenvalue weighted by Gasteiger charge is 2.28. The summed E-state index contributed by atoms with van der Waals surface area (Å²) >= 11 is 0. The fourth-order valence-corrected chi connectivity index (χ4v) is 2.18. The van der Waals surface area contributed by atoms with Crippen molar-refractivity contribution < 1.29 is 4.74 Å². The number of para-hydroxylation sites is 2. The van der Waals surface area contributed by atoms with Gasteiger partial charge in [-0.3, -0.25) is 0 Å². The molecule has 0 bridgehead atoms. The van der Waals surface area contributed by atoms with Crippen LogP contribution in [0.5, 0.6) is 5.75 Å². The molecule has 0 saturated carbocycles. The molecule has 1 aromatic rings. The van der Waals surface area contributed by atoms with Crippen LogP contribution in [0.15, 0.2) is 24.3 Å². The van der Waals surface area contributed by atoms with E-state index < -0.39 is 0 Å². The highest BCUT2D eigenvalue weighted by atomic mass is 16.5. The Bertz CT molecular complexity index is 357. The first-order chi connectivity index (χ1) is 7.91. The Morgan fingerprint density at radius 2 is 1.88 bits per heavy atom. The number of ether oxygens (including phenoxy) is 1. The summed E-state index contributed by atoms with van der Waals surface area (Å²) in [4.78, 5) is 2.21. The van der Waals surface area contributed by atoms with Crippen LogP contribution in [0.25, 0.3) is 0 Å². The first-order valence-corrected chi connectivity index (χ1v) is 5.97. The van der Waals surface area contributed by atoms with Gasteiger partial charge in [0.1, 0.15) is 5.75 Å². The summed E-state index contributed by atoms with van der Waals surface area (Å²) in [5.74, 6) is 0.887. The van der Waals surface area contributed by atoms with E-state index >= 15 is 0 Å². The molecule has 17 heavy (non-hydrogen) atoms. The van der Waals surface area contributed by atoms with Crippen LogP contribution in [0.3, 0.4) is 0 Å². The SMILES string of the molecule is COc1ccccc1N(C)C(CN)C(C)(C)C. The Morgan fingerprint density at radius 1 is 1.29 bits per heavy atom. The van der Waals surface area contributed by atoms with Gasteiger partial charge in [0, 0.05) is 19.6 Å². The fraction of sp³-hybridized carbons (Fsp3) is 0.571. The molecule has 0 saturated heterocycles. The summed E-state index contributed by atoms with van der Waals surface area (Å²) in [5, 5.41) is 0. The van der Waals surface area contributed by atoms with E-state index in [1.54, 1.807) is 7.11 Å². The first kappa shape index (κ1) is 13.8. The predicted octanol–water partition coefficient (Wildman–Crippen LogP) is 2.50. The van der Waals surface area contributed by atoms with E-state index in [4.69, 9.17) is 10.5 Å². The van der Waals surface area contributed by atoms with Gasteiger partial charge in [-0.2, -0.15) is 0 Å². The standard InChI is InChI=1S/C14H24N2O/c1-14(2,3)13(10-15)16(4)11-8-6-7-9-12(11)17-5/h6-9,13H,10,15H2,1-5H3. The zero-order valence-electron chi connectivity index (χ0n) is 11.5. The van der Waals surface area contributed by atoms with E-state index in [2.05, 4.69) is 38.8 Å². The van der Waals surface area contributed by atoms with Gasteiger partial charge in [-0.1, -0.05) is 32.9 Å². The van der Waals surface area contributed by atoms with Gasteiger partial charge in [-0.15, -0.1) is 0 Å². The topological polar surface area (TPSA) is 38.5 Å². The number of likely N-dealkylation sites (N-methyl/N-ethyl adjacent to an activating group) is 1. The average Bonchev–Trinajstić information content (AvgIpc) is 2.27. The summed E-state index contributed by atoms with van der Waals surface area (Å²) in [6.07, 6.45) is 0. The molecule has 1 aromatic carbocycles. The highest BCUT2D eigenvalue weighted by molar-refractivity contribution is 5.58. The number of anilines is 1. The van der Waals surface area contributed by atoms with Crippen molar-refractivity contribution in [1.82, 2.24) is 0 Å². The number of benzene rings is 1. The average molecular weight is 236 g/mol. The van der Waals surface area contributed by atoms with Gasteiger partial charge >= 0.3 is 0 Å². The Morgan fingerprint density at radius 3 is 2.35 bits per heavy atom. The molecule has 0 spiro atoms. The molecular formula is C14H24N2O. The van der Waals surface area contributed by atoms with Crippen LogP contribution in [0.2, 0.25) is 0 Å². The lowest BCUT2D eigenvalue weighted by Crippen LogP contribution is -2.47. The minimum Gasteiger partial charge on any atom is -0.495 e. The van der Waals surface area contributed by atoms with Crippen molar-refractivity contribution >= 4 is 5.69 Å². The molecular weight excluding hydrogens is 212 g/mol. The first-order valence-electron chi connectivity index (χ1n) is 5.97. The molecule has 3 nitrogen and oxygen atoms in total. The maximum atomic E-state index is 5.91. The lowest BCUT2D eigenvalue weighted by Gasteiger charge is -2.39. The lowest BCUT2D eigenvalue weighted by molar-refractivity contribution is 0.314. The van der Waals surface area contributed by atoms with Crippen molar-refractivity contribution in [3.63, 3.8) is 0 Å². The van der Waals surface area contributed by atoms with E-state index in [9.17, 15) is 0 Å². The summed E-state index contributed by atoms with van der Waals surface area (Å²) < 4.78 is 5.39. The molecule has 0 radical (unpaired) electrons. The second-order valence-corrected chi connectivity index (χ2v) is 5.40. The Balaban J connectivity index is 3.06. The van der Waals surface area contributed by atoms with Gasteiger partial charge in [0.15, 0.2) is 0 Å². The van der Waals surface area contributed by atoms with Gasteiger partial charge in [0.25, 0.3) is 0 Å². The van der Waals surface area contributed by atoms with Crippen LogP contribution in [0.4, 0.5) is 5.69 Å². The van der Waals surface area contributed by atoms with Crippen LogP contribution in [0, 0.1) is 5.41 Å². The van der Waals surface area contributed by atoms with E-state index in [0.717, 1.165) is 11.4 Å². The minimum absolute atomic E-state index is 0.129. The van der Waals surface area contributed by atoms with Gasteiger partial charge in [0.05, 0.1) is 12.8 Å². The minimum atomic E-state index is 0.129. The molecule has 96 valence electrons. The van der Waals surface area contributed by atoms with E-state index in [1.165, 1.54) is 0 Å². The summed E-state index contributed by atoms with van der Waals surface area (Å²) in [6, 6.07) is 8.31. The van der Waals surface area contributed by atoms with Crippen molar-refractivity contribution in [3.05, 3.63) is 24.3 Å². The molecule has 2 N–H and O–H groups in total. The zero-order chi connectivity index (χ0) is 13.1. The summed E-state index contributed by atoms with van der Waals surface area (Å²) in [7, 11) is 3.77. The molecule has 0 fully saturated rings. The van der Waals surface area contributed by atoms with Crippen LogP contribution in [0.1, 0.15) is 20.8 Å². The number of nitrogens with two attached hydrogens (primary N) is 1. The molecule has 0 aliphatic heterocycles. The number of rotatable bonds is 4. The molecule has 0 heterocycles. The Kier molecular flexibility index (Phi) is 4.40. The Hall–Kier alpha value is -1.22. The quantitative estimate of drug-likeness (QED) is 0.873. The molecule has 3 heteroatoms. The number of methoxy groups -OCH3 is 1. The van der Waals surface area contributed by atoms with Crippen molar-refractivity contribution in [2.75, 3.05) is 25.6 Å². The van der Waals surface area contributed by atoms with Gasteiger partial charge < -0.3 is 15.4 Å². The molecule has 0 amide bonds. The molecule has 0 aliphatic rings. The predicted molar refractivity (Wildman–Crippen MR) is 73.7 cm³/mol. The molecule has 1 atom stereocenters. The largest absolute Gasteiger partial charge is 0.495 e. The third kappa shape index (κ3) is 3.13. The maximum absolute atomic E-state index is 5.91. The summed E-state index contributed by atoms with van der Waals surface area (Å²) in [6.45, 7) is 7.24. The van der Waals surface area contributed by atoms with Crippen molar-refractivity contribution in [2.24, 2.45) is 11.1 Å². The highest BCUT2D eigenvalue weighted by Crippen LogP contribution is 2.32. The number of hydrogen-bond donors (Lipinski definition) is 1. The fourth-order valence-electron chi connectivity index (χ4n) is 2.18. The lowest BCUT2D eigenvalue weighted by atomic mass is 9.85. The molecule has 0 aliphatic carbocycles. The van der Waals surface area contributed by atoms with E-state index in [0.29, 0.717) is 6.54 Å². The Labute approximate surface area is 105 Å². The van der Waals surface area contributed by atoms with E-state index in [-0.39, 0.29) is 11.5 Å². The normalized spacial score (nSPS) is 13.3. The second kappa shape index (κ2) is 5.41. The molecule has 0 aromatic heterocycles.